The number of benzene rings is 1. The summed E-state index contributed by atoms with van der Waals surface area (Å²) in [6.45, 7) is 7.81. The van der Waals surface area contributed by atoms with Crippen LogP contribution in [0.3, 0.4) is 0 Å². The number of cyclic esters (lactones) is 1. The molecule has 2 saturated carbocycles. The van der Waals surface area contributed by atoms with Crippen LogP contribution in [0.25, 0.3) is 0 Å². The molecule has 2 N–H and O–H groups in total. The van der Waals surface area contributed by atoms with Crippen molar-refractivity contribution < 1.29 is 19.1 Å². The predicted octanol–water partition coefficient (Wildman–Crippen LogP) is 3.99. The summed E-state index contributed by atoms with van der Waals surface area (Å²) in [5, 5.41) is 6.11. The van der Waals surface area contributed by atoms with Gasteiger partial charge in [0.2, 0.25) is 0 Å². The van der Waals surface area contributed by atoms with E-state index in [2.05, 4.69) is 31.4 Å². The lowest BCUT2D eigenvalue weighted by atomic mass is 9.69. The van der Waals surface area contributed by atoms with Gasteiger partial charge in [0.25, 0.3) is 0 Å². The highest BCUT2D eigenvalue weighted by Gasteiger charge is 2.61. The van der Waals surface area contributed by atoms with E-state index in [1.165, 1.54) is 11.3 Å². The molecule has 0 unspecified atom stereocenters. The lowest BCUT2D eigenvalue weighted by Gasteiger charge is -2.39. The van der Waals surface area contributed by atoms with Crippen LogP contribution in [0.1, 0.15) is 40.0 Å². The standard InChI is InChI=1S/C21H29N3O4/c1-20(2)13-7-8-21(20,3)17(11-13)23-18(25)22-14-5-6-15(16(12-14)27-4)24-9-10-28-19(24)26/h5-6,12-13,17H,7-11H2,1-4H3,(H2,22,23,25)/t13-,17+,21-/m1/s1. The molecule has 7 heteroatoms. The van der Waals surface area contributed by atoms with Crippen LogP contribution in [0, 0.1) is 16.7 Å². The van der Waals surface area contributed by atoms with Crippen molar-refractivity contribution >= 4 is 23.5 Å². The Labute approximate surface area is 165 Å². The van der Waals surface area contributed by atoms with E-state index in [0.29, 0.717) is 36.2 Å². The molecule has 2 bridgehead atoms. The monoisotopic (exact) mass is 387 g/mol. The van der Waals surface area contributed by atoms with Crippen molar-refractivity contribution in [3.63, 3.8) is 0 Å². The Hall–Kier alpha value is -2.44. The van der Waals surface area contributed by atoms with Crippen molar-refractivity contribution in [1.82, 2.24) is 5.32 Å². The Kier molecular flexibility index (Phi) is 4.43. The molecule has 3 fully saturated rings. The topological polar surface area (TPSA) is 79.9 Å². The minimum Gasteiger partial charge on any atom is -0.494 e. The van der Waals surface area contributed by atoms with Crippen molar-refractivity contribution in [3.05, 3.63) is 18.2 Å². The number of carbonyl (C=O) groups is 2. The van der Waals surface area contributed by atoms with Crippen molar-refractivity contribution in [2.45, 2.75) is 46.1 Å². The van der Waals surface area contributed by atoms with E-state index < -0.39 is 0 Å². The zero-order valence-electron chi connectivity index (χ0n) is 17.0. The molecule has 1 heterocycles. The number of ether oxygens (including phenoxy) is 2. The molecular formula is C21H29N3O4. The van der Waals surface area contributed by atoms with Gasteiger partial charge < -0.3 is 20.1 Å². The fourth-order valence-corrected chi connectivity index (χ4v) is 5.34. The van der Waals surface area contributed by atoms with Crippen LogP contribution in [-0.2, 0) is 4.74 Å². The molecule has 28 heavy (non-hydrogen) atoms. The average Bonchev–Trinajstić information content (AvgIpc) is 3.22. The molecule has 3 aliphatic rings. The Bertz CT molecular complexity index is 809. The van der Waals surface area contributed by atoms with Crippen molar-refractivity contribution in [1.29, 1.82) is 0 Å². The molecule has 0 radical (unpaired) electrons. The zero-order valence-corrected chi connectivity index (χ0v) is 17.0. The summed E-state index contributed by atoms with van der Waals surface area (Å²) in [6.07, 6.45) is 3.06. The van der Waals surface area contributed by atoms with Gasteiger partial charge in [-0.15, -0.1) is 0 Å². The third-order valence-electron chi connectivity index (χ3n) is 7.59. The minimum atomic E-state index is -0.385. The number of amides is 3. The van der Waals surface area contributed by atoms with Gasteiger partial charge in [-0.05, 0) is 48.1 Å². The number of hydrogen-bond acceptors (Lipinski definition) is 4. The molecule has 0 aromatic heterocycles. The molecule has 7 nitrogen and oxygen atoms in total. The Morgan fingerprint density at radius 3 is 2.68 bits per heavy atom. The molecule has 1 aromatic rings. The fourth-order valence-electron chi connectivity index (χ4n) is 5.34. The zero-order chi connectivity index (χ0) is 20.1. The van der Waals surface area contributed by atoms with Crippen molar-refractivity contribution in [2.24, 2.45) is 16.7 Å². The van der Waals surface area contributed by atoms with Crippen molar-refractivity contribution in [2.75, 3.05) is 30.5 Å². The number of urea groups is 1. The van der Waals surface area contributed by atoms with Crippen LogP contribution in [0.4, 0.5) is 21.0 Å². The quantitative estimate of drug-likeness (QED) is 0.819. The minimum absolute atomic E-state index is 0.132. The second-order valence-corrected chi connectivity index (χ2v) is 8.91. The van der Waals surface area contributed by atoms with E-state index in [1.54, 1.807) is 25.3 Å². The molecule has 0 spiro atoms. The number of nitrogens with zero attached hydrogens (tertiary/aromatic N) is 1. The van der Waals surface area contributed by atoms with Gasteiger partial charge in [-0.25, -0.2) is 9.59 Å². The maximum Gasteiger partial charge on any atom is 0.414 e. The van der Waals surface area contributed by atoms with E-state index >= 15 is 0 Å². The van der Waals surface area contributed by atoms with Crippen LogP contribution < -0.4 is 20.3 Å². The first-order valence-corrected chi connectivity index (χ1v) is 9.96. The van der Waals surface area contributed by atoms with Gasteiger partial charge in [0.05, 0.1) is 19.3 Å². The van der Waals surface area contributed by atoms with Gasteiger partial charge in [0.1, 0.15) is 12.4 Å². The number of rotatable bonds is 4. The molecular weight excluding hydrogens is 358 g/mol. The second-order valence-electron chi connectivity index (χ2n) is 8.91. The van der Waals surface area contributed by atoms with Crippen molar-refractivity contribution in [3.8, 4) is 5.75 Å². The summed E-state index contributed by atoms with van der Waals surface area (Å²) in [7, 11) is 1.54. The maximum atomic E-state index is 12.6. The second kappa shape index (κ2) is 6.57. The molecule has 4 rings (SSSR count). The SMILES string of the molecule is COc1cc(NC(=O)N[C@H]2C[C@H]3CC[C@@]2(C)C3(C)C)ccc1N1CCOC1=O. The Morgan fingerprint density at radius 2 is 2.11 bits per heavy atom. The summed E-state index contributed by atoms with van der Waals surface area (Å²) in [4.78, 5) is 26.0. The van der Waals surface area contributed by atoms with Gasteiger partial charge in [-0.3, -0.25) is 4.90 Å². The third kappa shape index (κ3) is 2.79. The number of nitrogens with one attached hydrogen (secondary N) is 2. The first-order valence-electron chi connectivity index (χ1n) is 9.96. The number of hydrogen-bond donors (Lipinski definition) is 2. The molecule has 1 aromatic carbocycles. The molecule has 1 saturated heterocycles. The molecule has 1 aliphatic heterocycles. The summed E-state index contributed by atoms with van der Waals surface area (Å²) < 4.78 is 10.4. The number of carbonyl (C=O) groups excluding carboxylic acids is 2. The Balaban J connectivity index is 1.45. The lowest BCUT2D eigenvalue weighted by molar-refractivity contribution is 0.125. The Morgan fingerprint density at radius 1 is 1.32 bits per heavy atom. The van der Waals surface area contributed by atoms with E-state index in [4.69, 9.17) is 9.47 Å². The van der Waals surface area contributed by atoms with Gasteiger partial charge in [0, 0.05) is 17.8 Å². The number of methoxy groups -OCH3 is 1. The van der Waals surface area contributed by atoms with Gasteiger partial charge in [0.15, 0.2) is 0 Å². The normalized spacial score (nSPS) is 30.3. The maximum absolute atomic E-state index is 12.6. The third-order valence-corrected chi connectivity index (χ3v) is 7.59. The largest absolute Gasteiger partial charge is 0.494 e. The number of anilines is 2. The lowest BCUT2D eigenvalue weighted by Crippen LogP contribution is -2.48. The van der Waals surface area contributed by atoms with Gasteiger partial charge in [-0.1, -0.05) is 20.8 Å². The molecule has 2 aliphatic carbocycles. The highest BCUT2D eigenvalue weighted by molar-refractivity contribution is 5.93. The molecule has 3 atom stereocenters. The first-order chi connectivity index (χ1) is 13.3. The van der Waals surface area contributed by atoms with Crippen LogP contribution in [0.15, 0.2) is 18.2 Å². The van der Waals surface area contributed by atoms with E-state index in [0.717, 1.165) is 12.8 Å². The average molecular weight is 387 g/mol. The predicted molar refractivity (Wildman–Crippen MR) is 107 cm³/mol. The van der Waals surface area contributed by atoms with Crippen LogP contribution in [-0.4, -0.2) is 38.4 Å². The highest BCUT2D eigenvalue weighted by Crippen LogP contribution is 2.65. The smallest absolute Gasteiger partial charge is 0.414 e. The van der Waals surface area contributed by atoms with Crippen LogP contribution >= 0.6 is 0 Å². The highest BCUT2D eigenvalue weighted by atomic mass is 16.6. The number of fused-ring (bicyclic) bond motifs is 2. The summed E-state index contributed by atoms with van der Waals surface area (Å²) in [5.74, 6) is 1.19. The summed E-state index contributed by atoms with van der Waals surface area (Å²) >= 11 is 0. The first kappa shape index (κ1) is 18.9. The van der Waals surface area contributed by atoms with Gasteiger partial charge >= 0.3 is 12.1 Å². The fraction of sp³-hybridized carbons (Fsp3) is 0.619. The van der Waals surface area contributed by atoms with Gasteiger partial charge in [-0.2, -0.15) is 0 Å². The summed E-state index contributed by atoms with van der Waals surface area (Å²) in [6, 6.07) is 5.25. The summed E-state index contributed by atoms with van der Waals surface area (Å²) in [5.41, 5.74) is 1.64. The van der Waals surface area contributed by atoms with E-state index in [-0.39, 0.29) is 29.0 Å². The van der Waals surface area contributed by atoms with Crippen LogP contribution in [0.2, 0.25) is 0 Å². The van der Waals surface area contributed by atoms with E-state index in [9.17, 15) is 9.59 Å². The molecule has 152 valence electrons. The van der Waals surface area contributed by atoms with Crippen LogP contribution in [0.5, 0.6) is 5.75 Å². The molecule has 3 amide bonds. The van der Waals surface area contributed by atoms with E-state index in [1.807, 2.05) is 0 Å².